The highest BCUT2D eigenvalue weighted by Gasteiger charge is 2.25. The highest BCUT2D eigenvalue weighted by molar-refractivity contribution is 8.00. The van der Waals surface area contributed by atoms with Crippen LogP contribution in [0.15, 0.2) is 0 Å². The van der Waals surface area contributed by atoms with Crippen molar-refractivity contribution in [3.63, 3.8) is 0 Å². The average molecular weight is 300 g/mol. The van der Waals surface area contributed by atoms with Crippen molar-refractivity contribution in [2.75, 3.05) is 31.2 Å². The summed E-state index contributed by atoms with van der Waals surface area (Å²) in [7, 11) is 0. The van der Waals surface area contributed by atoms with Crippen molar-refractivity contribution in [1.29, 1.82) is 0 Å². The number of hydrogen-bond acceptors (Lipinski definition) is 3. The first-order chi connectivity index (χ1) is 9.79. The predicted molar refractivity (Wildman–Crippen MR) is 84.2 cm³/mol. The second-order valence-corrected chi connectivity index (χ2v) is 6.94. The Morgan fingerprint density at radius 3 is 2.65 bits per heavy atom. The van der Waals surface area contributed by atoms with Crippen LogP contribution in [0, 0.1) is 11.8 Å². The minimum Gasteiger partial charge on any atom is -0.378 e. The number of carbonyl (C=O) groups excluding carboxylic acids is 1. The highest BCUT2D eigenvalue weighted by atomic mass is 32.2. The van der Waals surface area contributed by atoms with Crippen LogP contribution in [0.4, 0.5) is 4.79 Å². The van der Waals surface area contributed by atoms with Crippen LogP contribution in [-0.2, 0) is 4.74 Å². The summed E-state index contributed by atoms with van der Waals surface area (Å²) in [5, 5.41) is 5.92. The molecule has 1 aliphatic heterocycles. The molecule has 1 aliphatic carbocycles. The third-order valence-corrected chi connectivity index (χ3v) is 5.69. The van der Waals surface area contributed by atoms with Gasteiger partial charge in [0, 0.05) is 19.7 Å². The summed E-state index contributed by atoms with van der Waals surface area (Å²) >= 11 is 1.95. The molecule has 0 aromatic heterocycles. The van der Waals surface area contributed by atoms with Gasteiger partial charge in [0.15, 0.2) is 0 Å². The van der Waals surface area contributed by atoms with Crippen molar-refractivity contribution < 1.29 is 9.53 Å². The number of hydrogen-bond donors (Lipinski definition) is 2. The van der Waals surface area contributed by atoms with Crippen molar-refractivity contribution in [3.05, 3.63) is 0 Å². The van der Waals surface area contributed by atoms with Crippen LogP contribution in [0.3, 0.4) is 0 Å². The Balaban J connectivity index is 1.57. The van der Waals surface area contributed by atoms with Gasteiger partial charge in [0.25, 0.3) is 0 Å². The molecule has 0 spiro atoms. The van der Waals surface area contributed by atoms with E-state index in [2.05, 4.69) is 17.6 Å². The molecule has 2 aliphatic rings. The maximum Gasteiger partial charge on any atom is 0.314 e. The number of thioether (sulfide) groups is 1. The van der Waals surface area contributed by atoms with E-state index in [1.807, 2.05) is 11.8 Å². The number of urea groups is 1. The average Bonchev–Trinajstić information content (AvgIpc) is 2.89. The van der Waals surface area contributed by atoms with E-state index in [1.54, 1.807) is 0 Å². The maximum atomic E-state index is 11.7. The van der Waals surface area contributed by atoms with Crippen molar-refractivity contribution in [2.45, 2.75) is 45.1 Å². The molecule has 1 saturated heterocycles. The molecule has 1 atom stereocenters. The molecule has 2 N–H and O–H groups in total. The van der Waals surface area contributed by atoms with E-state index in [0.717, 1.165) is 19.6 Å². The Bertz CT molecular complexity index is 292. The molecule has 2 rings (SSSR count). The molecule has 2 amide bonds. The van der Waals surface area contributed by atoms with Gasteiger partial charge in [-0.05, 0) is 49.5 Å². The lowest BCUT2D eigenvalue weighted by molar-refractivity contribution is 0.0167. The maximum absolute atomic E-state index is 11.7. The fourth-order valence-electron chi connectivity index (χ4n) is 3.03. The molecule has 2 fully saturated rings. The zero-order chi connectivity index (χ0) is 14.2. The molecule has 20 heavy (non-hydrogen) atoms. The zero-order valence-electron chi connectivity index (χ0n) is 12.5. The van der Waals surface area contributed by atoms with Crippen LogP contribution in [0.5, 0.6) is 0 Å². The lowest BCUT2D eigenvalue weighted by atomic mass is 9.98. The molecule has 0 bridgehead atoms. The monoisotopic (exact) mass is 300 g/mol. The van der Waals surface area contributed by atoms with Gasteiger partial charge in [-0.1, -0.05) is 12.8 Å². The van der Waals surface area contributed by atoms with Crippen molar-refractivity contribution in [1.82, 2.24) is 10.6 Å². The normalized spacial score (nSPS) is 21.4. The molecule has 0 aromatic rings. The first kappa shape index (κ1) is 16.0. The Kier molecular flexibility index (Phi) is 7.00. The first-order valence-corrected chi connectivity index (χ1v) is 9.16. The fourth-order valence-corrected chi connectivity index (χ4v) is 3.83. The minimum atomic E-state index is -0.0245. The van der Waals surface area contributed by atoms with Crippen molar-refractivity contribution >= 4 is 17.8 Å². The number of amides is 2. The lowest BCUT2D eigenvalue weighted by Crippen LogP contribution is -2.42. The smallest absolute Gasteiger partial charge is 0.314 e. The number of ether oxygens (including phenoxy) is 1. The van der Waals surface area contributed by atoms with Crippen LogP contribution in [0.2, 0.25) is 0 Å². The zero-order valence-corrected chi connectivity index (χ0v) is 13.3. The summed E-state index contributed by atoms with van der Waals surface area (Å²) in [6.45, 7) is 4.36. The van der Waals surface area contributed by atoms with E-state index in [0.29, 0.717) is 24.5 Å². The van der Waals surface area contributed by atoms with Crippen LogP contribution in [0.1, 0.15) is 39.0 Å². The minimum absolute atomic E-state index is 0.0245. The molecule has 1 heterocycles. The summed E-state index contributed by atoms with van der Waals surface area (Å²) in [6.07, 6.45) is 6.51. The molecular weight excluding hydrogens is 272 g/mol. The van der Waals surface area contributed by atoms with Crippen LogP contribution < -0.4 is 10.6 Å². The Morgan fingerprint density at radius 1 is 1.30 bits per heavy atom. The molecule has 0 radical (unpaired) electrons. The van der Waals surface area contributed by atoms with E-state index < -0.39 is 0 Å². The van der Waals surface area contributed by atoms with Gasteiger partial charge < -0.3 is 15.4 Å². The van der Waals surface area contributed by atoms with Gasteiger partial charge in [-0.15, -0.1) is 0 Å². The van der Waals surface area contributed by atoms with Gasteiger partial charge >= 0.3 is 6.03 Å². The van der Waals surface area contributed by atoms with Gasteiger partial charge in [-0.2, -0.15) is 11.8 Å². The van der Waals surface area contributed by atoms with Gasteiger partial charge in [0.2, 0.25) is 0 Å². The Labute approximate surface area is 126 Å². The van der Waals surface area contributed by atoms with E-state index in [9.17, 15) is 4.79 Å². The summed E-state index contributed by atoms with van der Waals surface area (Å²) < 4.78 is 5.86. The first-order valence-electron chi connectivity index (χ1n) is 8.00. The van der Waals surface area contributed by atoms with Crippen molar-refractivity contribution in [2.24, 2.45) is 11.8 Å². The van der Waals surface area contributed by atoms with Crippen LogP contribution in [-0.4, -0.2) is 43.3 Å². The molecule has 0 aromatic carbocycles. The molecule has 1 saturated carbocycles. The van der Waals surface area contributed by atoms with Crippen LogP contribution >= 0.6 is 11.8 Å². The van der Waals surface area contributed by atoms with Crippen molar-refractivity contribution in [3.8, 4) is 0 Å². The van der Waals surface area contributed by atoms with E-state index >= 15 is 0 Å². The topological polar surface area (TPSA) is 50.4 Å². The van der Waals surface area contributed by atoms with Gasteiger partial charge in [0.05, 0.1) is 6.10 Å². The summed E-state index contributed by atoms with van der Waals surface area (Å²) in [5.41, 5.74) is 0. The van der Waals surface area contributed by atoms with E-state index in [1.165, 1.54) is 37.2 Å². The molecule has 5 heteroatoms. The second-order valence-electron chi connectivity index (χ2n) is 5.87. The standard InChI is InChI=1S/C15H28N2O2S/c1-2-19-14(13-5-3-4-6-13)7-8-16-15(18)17-9-12-10-20-11-12/h12-14H,2-11H2,1H3,(H2,16,17,18). The summed E-state index contributed by atoms with van der Waals surface area (Å²) in [5.74, 6) is 3.76. The van der Waals surface area contributed by atoms with Gasteiger partial charge in [0.1, 0.15) is 0 Å². The number of nitrogens with one attached hydrogen (secondary N) is 2. The predicted octanol–water partition coefficient (Wildman–Crippen LogP) is 2.63. The molecular formula is C15H28N2O2S. The lowest BCUT2D eigenvalue weighted by Gasteiger charge is -2.25. The fraction of sp³-hybridized carbons (Fsp3) is 0.933. The highest BCUT2D eigenvalue weighted by Crippen LogP contribution is 2.30. The molecule has 4 nitrogen and oxygen atoms in total. The second kappa shape index (κ2) is 8.78. The van der Waals surface area contributed by atoms with E-state index in [-0.39, 0.29) is 6.03 Å². The molecule has 1 unspecified atom stereocenters. The number of rotatable bonds is 8. The van der Waals surface area contributed by atoms with Crippen LogP contribution in [0.25, 0.3) is 0 Å². The molecule has 116 valence electrons. The third-order valence-electron chi connectivity index (χ3n) is 4.28. The van der Waals surface area contributed by atoms with E-state index in [4.69, 9.17) is 4.74 Å². The van der Waals surface area contributed by atoms with Gasteiger partial charge in [-0.25, -0.2) is 4.79 Å². The Morgan fingerprint density at radius 2 is 2.05 bits per heavy atom. The summed E-state index contributed by atoms with van der Waals surface area (Å²) in [6, 6.07) is -0.0245. The largest absolute Gasteiger partial charge is 0.378 e. The third kappa shape index (κ3) is 5.17. The Hall–Kier alpha value is -0.420. The van der Waals surface area contributed by atoms with Gasteiger partial charge in [-0.3, -0.25) is 0 Å². The summed E-state index contributed by atoms with van der Waals surface area (Å²) in [4.78, 5) is 11.7. The quantitative estimate of drug-likeness (QED) is 0.724. The number of carbonyl (C=O) groups is 1. The SMILES string of the molecule is CCOC(CCNC(=O)NCC1CSC1)C1CCCC1.